The molecule has 0 amide bonds. The molecular formula is C18H25F2N3O2S2. The van der Waals surface area contributed by atoms with Crippen LogP contribution in [0.1, 0.15) is 6.42 Å². The van der Waals surface area contributed by atoms with Gasteiger partial charge in [0, 0.05) is 48.8 Å². The lowest BCUT2D eigenvalue weighted by Crippen LogP contribution is -2.52. The van der Waals surface area contributed by atoms with Crippen LogP contribution in [0.25, 0.3) is 0 Å². The van der Waals surface area contributed by atoms with E-state index in [1.165, 1.54) is 0 Å². The maximum absolute atomic E-state index is 12.4. The third-order valence-electron chi connectivity index (χ3n) is 4.83. The molecule has 27 heavy (non-hydrogen) atoms. The van der Waals surface area contributed by atoms with E-state index in [0.29, 0.717) is 33.7 Å². The number of ether oxygens (including phenoxy) is 2. The molecule has 0 saturated carbocycles. The Morgan fingerprint density at radius 2 is 1.93 bits per heavy atom. The maximum Gasteiger partial charge on any atom is 0.288 e. The number of nitrogens with one attached hydrogen (secondary N) is 2. The van der Waals surface area contributed by atoms with Gasteiger partial charge in [0.1, 0.15) is 0 Å². The van der Waals surface area contributed by atoms with Crippen molar-refractivity contribution in [1.29, 1.82) is 0 Å². The lowest BCUT2D eigenvalue weighted by Gasteiger charge is -2.37. The van der Waals surface area contributed by atoms with Gasteiger partial charge in [0.2, 0.25) is 0 Å². The highest BCUT2D eigenvalue weighted by Gasteiger charge is 2.31. The molecule has 1 aromatic carbocycles. The van der Waals surface area contributed by atoms with Crippen LogP contribution in [0.2, 0.25) is 0 Å². The number of anilines is 1. The molecule has 0 radical (unpaired) electrons. The number of rotatable bonds is 7. The van der Waals surface area contributed by atoms with E-state index < -0.39 is 5.76 Å². The Morgan fingerprint density at radius 3 is 2.56 bits per heavy atom. The number of nitrogens with zero attached hydrogens (tertiary/aromatic N) is 1. The fraction of sp³-hybridized carbons (Fsp3) is 0.611. The van der Waals surface area contributed by atoms with E-state index in [1.807, 2.05) is 0 Å². The quantitative estimate of drug-likeness (QED) is 0.522. The Morgan fingerprint density at radius 1 is 1.19 bits per heavy atom. The number of thiocarbonyl (C=S) groups is 1. The predicted octanol–water partition coefficient (Wildman–Crippen LogP) is 3.03. The van der Waals surface area contributed by atoms with Crippen molar-refractivity contribution in [2.45, 2.75) is 23.1 Å². The summed E-state index contributed by atoms with van der Waals surface area (Å²) in [5.41, 5.74) is 0.776. The molecule has 0 bridgehead atoms. The van der Waals surface area contributed by atoms with Gasteiger partial charge in [-0.1, -0.05) is 11.8 Å². The molecule has 1 aromatic rings. The van der Waals surface area contributed by atoms with E-state index in [9.17, 15) is 8.78 Å². The summed E-state index contributed by atoms with van der Waals surface area (Å²) in [6, 6.07) is 7.18. The highest BCUT2D eigenvalue weighted by atomic mass is 32.2. The van der Waals surface area contributed by atoms with Gasteiger partial charge in [-0.05, 0) is 42.9 Å². The van der Waals surface area contributed by atoms with Crippen molar-refractivity contribution in [3.63, 3.8) is 0 Å². The van der Waals surface area contributed by atoms with Crippen LogP contribution in [0.3, 0.4) is 0 Å². The molecule has 2 heterocycles. The van der Waals surface area contributed by atoms with Crippen molar-refractivity contribution >= 4 is 34.8 Å². The summed E-state index contributed by atoms with van der Waals surface area (Å²) in [4.78, 5) is 2.98. The molecule has 2 fully saturated rings. The lowest BCUT2D eigenvalue weighted by molar-refractivity contribution is 0.00255. The van der Waals surface area contributed by atoms with Crippen molar-refractivity contribution in [2.75, 3.05) is 51.4 Å². The van der Waals surface area contributed by atoms with Crippen LogP contribution in [-0.2, 0) is 9.47 Å². The van der Waals surface area contributed by atoms with Crippen LogP contribution in [0.5, 0.6) is 0 Å². The maximum atomic E-state index is 12.4. The fourth-order valence-electron chi connectivity index (χ4n) is 3.45. The van der Waals surface area contributed by atoms with E-state index in [0.717, 1.165) is 58.2 Å². The Labute approximate surface area is 168 Å². The van der Waals surface area contributed by atoms with Crippen molar-refractivity contribution in [3.8, 4) is 0 Å². The van der Waals surface area contributed by atoms with Crippen LogP contribution in [0.15, 0.2) is 29.2 Å². The molecule has 0 unspecified atom stereocenters. The zero-order valence-electron chi connectivity index (χ0n) is 15.0. The number of hydrogen-bond acceptors (Lipinski definition) is 5. The molecule has 2 saturated heterocycles. The SMILES string of the molecule is FC(F)Sc1ccc(NC(=S)NC[C@H]([C@H]2CCOC2)N2CCOCC2)cc1. The number of thioether (sulfide) groups is 1. The summed E-state index contributed by atoms with van der Waals surface area (Å²) in [6.45, 7) is 5.70. The summed E-state index contributed by atoms with van der Waals surface area (Å²) in [6.07, 6.45) is 1.06. The number of morpholine rings is 1. The van der Waals surface area contributed by atoms with Gasteiger partial charge in [-0.2, -0.15) is 8.78 Å². The number of benzene rings is 1. The highest BCUT2D eigenvalue weighted by Crippen LogP contribution is 2.26. The molecule has 2 N–H and O–H groups in total. The lowest BCUT2D eigenvalue weighted by atomic mass is 9.97. The molecule has 3 rings (SSSR count). The normalized spacial score (nSPS) is 22.0. The standard InChI is InChI=1S/C18H25F2N3O2S2/c19-17(20)27-15-3-1-14(2-4-15)22-18(26)21-11-16(13-5-8-25-12-13)23-6-9-24-10-7-23/h1-4,13,16-17H,5-12H2,(H2,21,22,26)/t13-,16+/m0/s1. The van der Waals surface area contributed by atoms with Gasteiger partial charge in [-0.25, -0.2) is 0 Å². The van der Waals surface area contributed by atoms with E-state index in [-0.39, 0.29) is 0 Å². The first-order valence-corrected chi connectivity index (χ1v) is 10.4. The summed E-state index contributed by atoms with van der Waals surface area (Å²) in [5.74, 6) is -1.92. The molecule has 150 valence electrons. The van der Waals surface area contributed by atoms with Gasteiger partial charge >= 0.3 is 0 Å². The van der Waals surface area contributed by atoms with Gasteiger partial charge in [0.05, 0.1) is 19.8 Å². The highest BCUT2D eigenvalue weighted by molar-refractivity contribution is 7.99. The minimum absolute atomic E-state index is 0.348. The second-order valence-electron chi connectivity index (χ2n) is 6.58. The van der Waals surface area contributed by atoms with Crippen molar-refractivity contribution in [1.82, 2.24) is 10.2 Å². The van der Waals surface area contributed by atoms with Crippen molar-refractivity contribution < 1.29 is 18.3 Å². The van der Waals surface area contributed by atoms with Gasteiger partial charge < -0.3 is 20.1 Å². The molecule has 2 aliphatic rings. The number of halogens is 2. The van der Waals surface area contributed by atoms with Crippen LogP contribution in [0.4, 0.5) is 14.5 Å². The summed E-state index contributed by atoms with van der Waals surface area (Å²) >= 11 is 5.94. The van der Waals surface area contributed by atoms with Crippen LogP contribution in [0, 0.1) is 5.92 Å². The molecular weight excluding hydrogens is 392 g/mol. The third-order valence-corrected chi connectivity index (χ3v) is 5.80. The first kappa shape index (κ1) is 20.7. The van der Waals surface area contributed by atoms with Crippen molar-refractivity contribution in [3.05, 3.63) is 24.3 Å². The summed E-state index contributed by atoms with van der Waals surface area (Å²) in [7, 11) is 0. The van der Waals surface area contributed by atoms with Crippen LogP contribution in [-0.4, -0.2) is 67.9 Å². The Balaban J connectivity index is 1.50. The molecule has 2 aliphatic heterocycles. The first-order valence-electron chi connectivity index (χ1n) is 9.11. The molecule has 9 heteroatoms. The average Bonchev–Trinajstić information content (AvgIpc) is 3.18. The largest absolute Gasteiger partial charge is 0.381 e. The van der Waals surface area contributed by atoms with Gasteiger partial charge in [0.15, 0.2) is 5.11 Å². The second-order valence-corrected chi connectivity index (χ2v) is 8.05. The predicted molar refractivity (Wildman–Crippen MR) is 108 cm³/mol. The number of hydrogen-bond donors (Lipinski definition) is 2. The number of alkyl halides is 2. The molecule has 2 atom stereocenters. The van der Waals surface area contributed by atoms with Gasteiger partial charge in [-0.15, -0.1) is 0 Å². The fourth-order valence-corrected chi connectivity index (χ4v) is 4.15. The van der Waals surface area contributed by atoms with E-state index in [2.05, 4.69) is 15.5 Å². The van der Waals surface area contributed by atoms with Gasteiger partial charge in [0.25, 0.3) is 5.76 Å². The average molecular weight is 418 g/mol. The zero-order valence-corrected chi connectivity index (χ0v) is 16.7. The monoisotopic (exact) mass is 417 g/mol. The van der Waals surface area contributed by atoms with Crippen molar-refractivity contribution in [2.24, 2.45) is 5.92 Å². The molecule has 5 nitrogen and oxygen atoms in total. The topological polar surface area (TPSA) is 45.8 Å². The Bertz CT molecular complexity index is 595. The first-order chi connectivity index (χ1) is 13.1. The van der Waals surface area contributed by atoms with Crippen LogP contribution < -0.4 is 10.6 Å². The smallest absolute Gasteiger partial charge is 0.288 e. The molecule has 0 aromatic heterocycles. The molecule has 0 spiro atoms. The van der Waals surface area contributed by atoms with Crippen LogP contribution >= 0.6 is 24.0 Å². The Kier molecular flexibility index (Phi) is 8.07. The zero-order chi connectivity index (χ0) is 19.1. The van der Waals surface area contributed by atoms with E-state index in [4.69, 9.17) is 21.7 Å². The second kappa shape index (κ2) is 10.5. The minimum atomic E-state index is -2.41. The minimum Gasteiger partial charge on any atom is -0.381 e. The van der Waals surface area contributed by atoms with E-state index >= 15 is 0 Å². The summed E-state index contributed by atoms with van der Waals surface area (Å²) in [5, 5.41) is 6.96. The van der Waals surface area contributed by atoms with Gasteiger partial charge in [-0.3, -0.25) is 4.90 Å². The third kappa shape index (κ3) is 6.53. The Hall–Kier alpha value is -1.00. The summed E-state index contributed by atoms with van der Waals surface area (Å²) < 4.78 is 35.8. The molecule has 0 aliphatic carbocycles. The van der Waals surface area contributed by atoms with E-state index in [1.54, 1.807) is 24.3 Å².